The van der Waals surface area contributed by atoms with Crippen LogP contribution in [0.2, 0.25) is 0 Å². The molecule has 1 aromatic heterocycles. The Bertz CT molecular complexity index is 1830. The monoisotopic (exact) mass is 660 g/mol. The molecule has 2 aliphatic carbocycles. The molecule has 4 aliphatic rings. The van der Waals surface area contributed by atoms with E-state index in [0.29, 0.717) is 18.0 Å². The van der Waals surface area contributed by atoms with E-state index in [2.05, 4.69) is 38.7 Å². The van der Waals surface area contributed by atoms with Gasteiger partial charge in [-0.25, -0.2) is 13.1 Å². The van der Waals surface area contributed by atoms with Crippen LogP contribution in [0.25, 0.3) is 22.2 Å². The van der Waals surface area contributed by atoms with Crippen LogP contribution < -0.4 is 14.8 Å². The predicted molar refractivity (Wildman–Crippen MR) is 184 cm³/mol. The highest BCUT2D eigenvalue weighted by molar-refractivity contribution is 7.90. The second-order valence-electron chi connectivity index (χ2n) is 14.7. The van der Waals surface area contributed by atoms with Crippen LogP contribution in [0.3, 0.4) is 0 Å². The summed E-state index contributed by atoms with van der Waals surface area (Å²) in [6.45, 7) is 5.50. The van der Waals surface area contributed by atoms with Crippen molar-refractivity contribution in [1.82, 2.24) is 19.5 Å². The third-order valence-corrected chi connectivity index (χ3v) is 13.0. The number of sulfonamides is 1. The second kappa shape index (κ2) is 12.3. The molecule has 0 radical (unpaired) electrons. The number of carbonyl (C=O) groups excluding carboxylic acids is 2. The summed E-state index contributed by atoms with van der Waals surface area (Å²) < 4.78 is 35.5. The quantitative estimate of drug-likeness (QED) is 0.326. The molecule has 1 saturated heterocycles. The van der Waals surface area contributed by atoms with Crippen LogP contribution in [0, 0.1) is 5.41 Å². The van der Waals surface area contributed by atoms with Crippen LogP contribution in [0.5, 0.6) is 5.75 Å². The van der Waals surface area contributed by atoms with Crippen molar-refractivity contribution in [2.45, 2.75) is 101 Å². The number of nitrogens with zero attached hydrogens (tertiary/aromatic N) is 2. The number of likely N-dealkylation sites (N-methyl/N-ethyl adjacent to an activating group) is 1. The highest BCUT2D eigenvalue weighted by Gasteiger charge is 2.63. The molecule has 0 bridgehead atoms. The highest BCUT2D eigenvalue weighted by Crippen LogP contribution is 2.65. The molecule has 0 spiro atoms. The van der Waals surface area contributed by atoms with Crippen LogP contribution in [0.1, 0.15) is 105 Å². The number of carbonyl (C=O) groups is 2. The maximum absolute atomic E-state index is 14.5. The van der Waals surface area contributed by atoms with E-state index in [0.717, 1.165) is 85.1 Å². The Morgan fingerprint density at radius 2 is 1.77 bits per heavy atom. The summed E-state index contributed by atoms with van der Waals surface area (Å²) in [7, 11) is 0.0129. The fourth-order valence-electron chi connectivity index (χ4n) is 8.53. The highest BCUT2D eigenvalue weighted by atomic mass is 32.2. The topological polar surface area (TPSA) is 110 Å². The molecule has 2 amide bonds. The lowest BCUT2D eigenvalue weighted by Crippen LogP contribution is -2.45. The third kappa shape index (κ3) is 5.75. The molecule has 9 nitrogen and oxygen atoms in total. The normalized spacial score (nSPS) is 24.9. The zero-order chi connectivity index (χ0) is 33.1. The predicted octanol–water partition coefficient (Wildman–Crippen LogP) is 5.92. The fourth-order valence-corrected chi connectivity index (χ4v) is 9.14. The van der Waals surface area contributed by atoms with Crippen molar-refractivity contribution in [2.75, 3.05) is 27.2 Å². The van der Waals surface area contributed by atoms with Gasteiger partial charge in [0, 0.05) is 47.1 Å². The van der Waals surface area contributed by atoms with Crippen LogP contribution >= 0.6 is 0 Å². The maximum Gasteiger partial charge on any atom is 0.264 e. The van der Waals surface area contributed by atoms with Crippen molar-refractivity contribution in [3.05, 3.63) is 53.1 Å². The lowest BCUT2D eigenvalue weighted by atomic mass is 9.81. The van der Waals surface area contributed by atoms with E-state index >= 15 is 0 Å². The molecule has 1 unspecified atom stereocenters. The Kier molecular flexibility index (Phi) is 8.40. The number of hydrogen-bond acceptors (Lipinski definition) is 6. The molecule has 252 valence electrons. The molecule has 3 atom stereocenters. The third-order valence-electron chi connectivity index (χ3n) is 11.3. The summed E-state index contributed by atoms with van der Waals surface area (Å²) in [4.78, 5) is 30.2. The lowest BCUT2D eigenvalue weighted by Gasteiger charge is -2.25. The van der Waals surface area contributed by atoms with Crippen molar-refractivity contribution in [1.29, 1.82) is 0 Å². The smallest absolute Gasteiger partial charge is 0.264 e. The van der Waals surface area contributed by atoms with Gasteiger partial charge in [0.2, 0.25) is 15.9 Å². The lowest BCUT2D eigenvalue weighted by molar-refractivity contribution is -0.127. The van der Waals surface area contributed by atoms with E-state index in [4.69, 9.17) is 4.74 Å². The Labute approximate surface area is 278 Å². The van der Waals surface area contributed by atoms with Crippen LogP contribution in [-0.2, 0) is 21.4 Å². The van der Waals surface area contributed by atoms with E-state index in [1.54, 1.807) is 27.0 Å². The van der Waals surface area contributed by atoms with Gasteiger partial charge < -0.3 is 19.5 Å². The Morgan fingerprint density at radius 1 is 1.00 bits per heavy atom. The second-order valence-corrected chi connectivity index (χ2v) is 17.0. The molecule has 47 heavy (non-hydrogen) atoms. The van der Waals surface area contributed by atoms with Gasteiger partial charge in [0.1, 0.15) is 5.75 Å². The van der Waals surface area contributed by atoms with Gasteiger partial charge in [0.15, 0.2) is 0 Å². The summed E-state index contributed by atoms with van der Waals surface area (Å²) in [6, 6.07) is 12.0. The summed E-state index contributed by atoms with van der Waals surface area (Å²) in [5.74, 6) is 0.655. The van der Waals surface area contributed by atoms with Gasteiger partial charge >= 0.3 is 0 Å². The minimum absolute atomic E-state index is 0.0490. The molecular weight excluding hydrogens is 612 g/mol. The first kappa shape index (κ1) is 32.2. The number of rotatable bonds is 7. The molecular formula is C37H48N4O5S. The molecule has 2 aliphatic heterocycles. The number of amides is 2. The number of nitrogens with one attached hydrogen (secondary N) is 2. The number of methoxy groups -OCH3 is 1. The van der Waals surface area contributed by atoms with Gasteiger partial charge in [0.05, 0.1) is 23.5 Å². The summed E-state index contributed by atoms with van der Waals surface area (Å²) in [6.07, 6.45) is 9.72. The van der Waals surface area contributed by atoms with Crippen molar-refractivity contribution < 1.29 is 22.7 Å². The van der Waals surface area contributed by atoms with Crippen molar-refractivity contribution in [3.63, 3.8) is 0 Å². The van der Waals surface area contributed by atoms with Crippen LogP contribution in [0.15, 0.2) is 36.4 Å². The van der Waals surface area contributed by atoms with Gasteiger partial charge in [-0.15, -0.1) is 0 Å². The van der Waals surface area contributed by atoms with Gasteiger partial charge in [-0.2, -0.15) is 0 Å². The standard InChI is InChI=1S/C37H48N4O5S/c1-23(2)47(44,45)39-35(42)25-13-15-29-32(18-25)41-22-37(36(43)38-26-12-8-9-17-40(3)21-26)20-31(37)30-19-27(46-4)14-16-28(30)34(41)33(29)24-10-6-5-7-11-24/h13-16,18-19,23-24,26,31H,5-12,17,20-22H2,1-4H3,(H,38,43)(H,39,42)/t26?,31-,37-/m0/s1. The first-order chi connectivity index (χ1) is 22.5. The zero-order valence-electron chi connectivity index (χ0n) is 28.1. The minimum atomic E-state index is -3.80. The molecule has 3 fully saturated rings. The SMILES string of the molecule is COc1ccc2c(c1)[C@@H]1C[C@]1(C(=O)NC1CCCCN(C)C1)Cn1c-2c(C2CCCCC2)c2ccc(C(=O)NS(=O)(=O)C(C)C)cc21. The number of aromatic nitrogens is 1. The summed E-state index contributed by atoms with van der Waals surface area (Å²) >= 11 is 0. The largest absolute Gasteiger partial charge is 0.497 e. The van der Waals surface area contributed by atoms with Crippen LogP contribution in [0.4, 0.5) is 0 Å². The molecule has 2 N–H and O–H groups in total. The Morgan fingerprint density at radius 3 is 2.51 bits per heavy atom. The van der Waals surface area contributed by atoms with E-state index < -0.39 is 26.6 Å². The van der Waals surface area contributed by atoms with Gasteiger partial charge in [-0.05, 0) is 107 Å². The van der Waals surface area contributed by atoms with E-state index in [1.165, 1.54) is 24.8 Å². The van der Waals surface area contributed by atoms with Crippen molar-refractivity contribution >= 4 is 32.7 Å². The molecule has 7 rings (SSSR count). The number of ether oxygens (including phenoxy) is 1. The first-order valence-electron chi connectivity index (χ1n) is 17.4. The van der Waals surface area contributed by atoms with Crippen LogP contribution in [-0.4, -0.2) is 68.2 Å². The average Bonchev–Trinajstić information content (AvgIpc) is 3.77. The van der Waals surface area contributed by atoms with Gasteiger partial charge in [-0.1, -0.05) is 31.7 Å². The summed E-state index contributed by atoms with van der Waals surface area (Å²) in [5.41, 5.74) is 5.24. The van der Waals surface area contributed by atoms with Crippen molar-refractivity contribution in [3.8, 4) is 17.0 Å². The first-order valence-corrected chi connectivity index (χ1v) is 19.0. The number of likely N-dealkylation sites (tertiary alicyclic amines) is 1. The molecule has 2 aromatic carbocycles. The summed E-state index contributed by atoms with van der Waals surface area (Å²) in [5, 5.41) is 3.84. The molecule has 3 heterocycles. The van der Waals surface area contributed by atoms with Gasteiger partial charge in [0.25, 0.3) is 5.91 Å². The Balaban J connectivity index is 1.39. The van der Waals surface area contributed by atoms with E-state index in [9.17, 15) is 18.0 Å². The fraction of sp³-hybridized carbons (Fsp3) is 0.568. The van der Waals surface area contributed by atoms with Gasteiger partial charge in [-0.3, -0.25) is 9.59 Å². The number of hydrogen-bond donors (Lipinski definition) is 2. The minimum Gasteiger partial charge on any atom is -0.497 e. The number of fused-ring (bicyclic) bond motifs is 7. The zero-order valence-corrected chi connectivity index (χ0v) is 28.9. The Hall–Kier alpha value is -3.37. The molecule has 10 heteroatoms. The van der Waals surface area contributed by atoms with E-state index in [-0.39, 0.29) is 17.9 Å². The number of benzene rings is 2. The van der Waals surface area contributed by atoms with E-state index in [1.807, 2.05) is 18.2 Å². The maximum atomic E-state index is 14.5. The molecule has 2 saturated carbocycles. The molecule has 3 aromatic rings. The van der Waals surface area contributed by atoms with Crippen molar-refractivity contribution in [2.24, 2.45) is 5.41 Å². The average molecular weight is 661 g/mol.